The van der Waals surface area contributed by atoms with Gasteiger partial charge in [-0.1, -0.05) is 6.07 Å². The van der Waals surface area contributed by atoms with Gasteiger partial charge in [0.2, 0.25) is 5.91 Å². The summed E-state index contributed by atoms with van der Waals surface area (Å²) in [6, 6.07) is 5.91. The number of benzene rings is 1. The molecule has 0 aromatic heterocycles. The van der Waals surface area contributed by atoms with Gasteiger partial charge in [0.15, 0.2) is 0 Å². The van der Waals surface area contributed by atoms with Gasteiger partial charge in [0.25, 0.3) is 0 Å². The second-order valence-corrected chi connectivity index (χ2v) is 4.03. The van der Waals surface area contributed by atoms with Gasteiger partial charge in [-0.25, -0.2) is 0 Å². The highest BCUT2D eigenvalue weighted by Gasteiger charge is 2.25. The average molecular weight is 205 g/mol. The Balaban J connectivity index is 2.46. The molecule has 0 saturated heterocycles. The van der Waals surface area contributed by atoms with Crippen LogP contribution in [0.5, 0.6) is 5.75 Å². The SMILES string of the molecule is CC(=O)N1C[C@H](C)Oc2cc(C)ccc21. The summed E-state index contributed by atoms with van der Waals surface area (Å²) in [5, 5.41) is 0. The summed E-state index contributed by atoms with van der Waals surface area (Å²) in [6.45, 7) is 6.20. The molecule has 80 valence electrons. The van der Waals surface area contributed by atoms with Crippen molar-refractivity contribution < 1.29 is 9.53 Å². The smallest absolute Gasteiger partial charge is 0.224 e. The van der Waals surface area contributed by atoms with Gasteiger partial charge in [-0.15, -0.1) is 0 Å². The molecule has 0 N–H and O–H groups in total. The Labute approximate surface area is 89.7 Å². The molecule has 0 unspecified atom stereocenters. The first-order valence-electron chi connectivity index (χ1n) is 5.13. The van der Waals surface area contributed by atoms with E-state index >= 15 is 0 Å². The lowest BCUT2D eigenvalue weighted by Crippen LogP contribution is -2.41. The molecule has 0 fully saturated rings. The largest absolute Gasteiger partial charge is 0.487 e. The highest BCUT2D eigenvalue weighted by atomic mass is 16.5. The van der Waals surface area contributed by atoms with E-state index in [2.05, 4.69) is 0 Å². The van der Waals surface area contributed by atoms with E-state index in [0.29, 0.717) is 6.54 Å². The zero-order chi connectivity index (χ0) is 11.0. The molecule has 0 spiro atoms. The van der Waals surface area contributed by atoms with Gasteiger partial charge in [-0.2, -0.15) is 0 Å². The highest BCUT2D eigenvalue weighted by molar-refractivity contribution is 5.93. The maximum absolute atomic E-state index is 11.5. The summed E-state index contributed by atoms with van der Waals surface area (Å²) in [6.07, 6.45) is 0.0585. The van der Waals surface area contributed by atoms with Gasteiger partial charge in [-0.3, -0.25) is 4.79 Å². The third-order valence-corrected chi connectivity index (χ3v) is 2.55. The minimum absolute atomic E-state index is 0.0585. The van der Waals surface area contributed by atoms with Crippen LogP contribution in [0.25, 0.3) is 0 Å². The van der Waals surface area contributed by atoms with Crippen molar-refractivity contribution in [3.63, 3.8) is 0 Å². The Morgan fingerprint density at radius 3 is 2.93 bits per heavy atom. The fourth-order valence-corrected chi connectivity index (χ4v) is 1.85. The van der Waals surface area contributed by atoms with Crippen LogP contribution in [0.15, 0.2) is 18.2 Å². The van der Waals surface area contributed by atoms with Crippen molar-refractivity contribution in [1.29, 1.82) is 0 Å². The molecule has 2 rings (SSSR count). The molecule has 3 heteroatoms. The van der Waals surface area contributed by atoms with Gasteiger partial charge in [0.05, 0.1) is 12.2 Å². The molecule has 1 aliphatic rings. The molecule has 0 bridgehead atoms. The number of ether oxygens (including phenoxy) is 1. The summed E-state index contributed by atoms with van der Waals surface area (Å²) < 4.78 is 5.70. The normalized spacial score (nSPS) is 19.4. The molecule has 15 heavy (non-hydrogen) atoms. The molecular formula is C12H15NO2. The number of hydrogen-bond acceptors (Lipinski definition) is 2. The molecule has 1 atom stereocenters. The van der Waals surface area contributed by atoms with Crippen LogP contribution in [-0.2, 0) is 4.79 Å². The van der Waals surface area contributed by atoms with Crippen LogP contribution in [0.3, 0.4) is 0 Å². The van der Waals surface area contributed by atoms with Crippen molar-refractivity contribution in [3.05, 3.63) is 23.8 Å². The summed E-state index contributed by atoms with van der Waals surface area (Å²) in [5.41, 5.74) is 2.03. The molecule has 3 nitrogen and oxygen atoms in total. The minimum atomic E-state index is 0.0585. The van der Waals surface area contributed by atoms with Crippen LogP contribution < -0.4 is 9.64 Å². The quantitative estimate of drug-likeness (QED) is 0.649. The molecule has 0 aliphatic carbocycles. The molecule has 1 aromatic carbocycles. The maximum Gasteiger partial charge on any atom is 0.224 e. The van der Waals surface area contributed by atoms with E-state index in [0.717, 1.165) is 17.0 Å². The number of hydrogen-bond donors (Lipinski definition) is 0. The van der Waals surface area contributed by atoms with Crippen LogP contribution in [0.1, 0.15) is 19.4 Å². The summed E-state index contributed by atoms with van der Waals surface area (Å²) >= 11 is 0. The molecule has 0 saturated carbocycles. The van der Waals surface area contributed by atoms with Crippen LogP contribution in [0.2, 0.25) is 0 Å². The van der Waals surface area contributed by atoms with E-state index in [-0.39, 0.29) is 12.0 Å². The fraction of sp³-hybridized carbons (Fsp3) is 0.417. The van der Waals surface area contributed by atoms with Crippen molar-refractivity contribution in [2.45, 2.75) is 26.9 Å². The van der Waals surface area contributed by atoms with E-state index < -0.39 is 0 Å². The first-order valence-corrected chi connectivity index (χ1v) is 5.13. The third-order valence-electron chi connectivity index (χ3n) is 2.55. The highest BCUT2D eigenvalue weighted by Crippen LogP contribution is 2.34. The summed E-state index contributed by atoms with van der Waals surface area (Å²) in [4.78, 5) is 13.2. The number of carbonyl (C=O) groups excluding carboxylic acids is 1. The zero-order valence-electron chi connectivity index (χ0n) is 9.28. The van der Waals surface area contributed by atoms with Crippen LogP contribution in [0.4, 0.5) is 5.69 Å². The lowest BCUT2D eigenvalue weighted by atomic mass is 10.1. The predicted octanol–water partition coefficient (Wildman–Crippen LogP) is 2.13. The topological polar surface area (TPSA) is 29.5 Å². The van der Waals surface area contributed by atoms with E-state index in [1.54, 1.807) is 11.8 Å². The molecule has 1 aliphatic heterocycles. The van der Waals surface area contributed by atoms with Gasteiger partial charge in [0.1, 0.15) is 11.9 Å². The maximum atomic E-state index is 11.5. The molecule has 1 amide bonds. The fourth-order valence-electron chi connectivity index (χ4n) is 1.85. The summed E-state index contributed by atoms with van der Waals surface area (Å²) in [7, 11) is 0. The Morgan fingerprint density at radius 1 is 1.53 bits per heavy atom. The third kappa shape index (κ3) is 1.82. The minimum Gasteiger partial charge on any atom is -0.487 e. The van der Waals surface area contributed by atoms with Gasteiger partial charge < -0.3 is 9.64 Å². The number of rotatable bonds is 0. The van der Waals surface area contributed by atoms with Gasteiger partial charge in [-0.05, 0) is 31.5 Å². The standard InChI is InChI=1S/C12H15NO2/c1-8-4-5-11-12(6-8)15-9(2)7-13(11)10(3)14/h4-6,9H,7H2,1-3H3/t9-/m0/s1. The number of amides is 1. The van der Waals surface area contributed by atoms with Gasteiger partial charge >= 0.3 is 0 Å². The Morgan fingerprint density at radius 2 is 2.27 bits per heavy atom. The molecule has 1 aromatic rings. The van der Waals surface area contributed by atoms with Crippen LogP contribution >= 0.6 is 0 Å². The first-order chi connectivity index (χ1) is 7.08. The second-order valence-electron chi connectivity index (χ2n) is 4.03. The van der Waals surface area contributed by atoms with Crippen molar-refractivity contribution in [3.8, 4) is 5.75 Å². The lowest BCUT2D eigenvalue weighted by molar-refractivity contribution is -0.117. The van der Waals surface area contributed by atoms with Crippen molar-refractivity contribution >= 4 is 11.6 Å². The number of anilines is 1. The number of fused-ring (bicyclic) bond motifs is 1. The molecule has 1 heterocycles. The lowest BCUT2D eigenvalue weighted by Gasteiger charge is -2.32. The second kappa shape index (κ2) is 3.57. The average Bonchev–Trinajstić information content (AvgIpc) is 2.15. The van der Waals surface area contributed by atoms with Crippen molar-refractivity contribution in [1.82, 2.24) is 0 Å². The van der Waals surface area contributed by atoms with E-state index in [1.807, 2.05) is 32.0 Å². The monoisotopic (exact) mass is 205 g/mol. The number of carbonyl (C=O) groups is 1. The van der Waals surface area contributed by atoms with Crippen molar-refractivity contribution in [2.75, 3.05) is 11.4 Å². The van der Waals surface area contributed by atoms with Crippen LogP contribution in [0, 0.1) is 6.92 Å². The Bertz CT molecular complexity index is 401. The Kier molecular flexibility index (Phi) is 2.39. The van der Waals surface area contributed by atoms with Gasteiger partial charge in [0, 0.05) is 6.92 Å². The zero-order valence-corrected chi connectivity index (χ0v) is 9.28. The summed E-state index contributed by atoms with van der Waals surface area (Å²) in [5.74, 6) is 0.874. The molecular weight excluding hydrogens is 190 g/mol. The predicted molar refractivity (Wildman–Crippen MR) is 59.3 cm³/mol. The number of nitrogens with zero attached hydrogens (tertiary/aromatic N) is 1. The Hall–Kier alpha value is -1.51. The van der Waals surface area contributed by atoms with Crippen molar-refractivity contribution in [2.24, 2.45) is 0 Å². The van der Waals surface area contributed by atoms with E-state index in [1.165, 1.54) is 0 Å². The number of aryl methyl sites for hydroxylation is 1. The van der Waals surface area contributed by atoms with Crippen LogP contribution in [-0.4, -0.2) is 18.6 Å². The first kappa shape index (κ1) is 10.0. The van der Waals surface area contributed by atoms with E-state index in [9.17, 15) is 4.79 Å². The molecule has 0 radical (unpaired) electrons. The van der Waals surface area contributed by atoms with E-state index in [4.69, 9.17) is 4.74 Å².